The summed E-state index contributed by atoms with van der Waals surface area (Å²) < 4.78 is 5.21. The summed E-state index contributed by atoms with van der Waals surface area (Å²) in [6.07, 6.45) is 0. The molecule has 1 rings (SSSR count). The molecule has 0 aliphatic heterocycles. The van der Waals surface area contributed by atoms with Crippen molar-refractivity contribution in [3.05, 3.63) is 23.8 Å². The van der Waals surface area contributed by atoms with Gasteiger partial charge in [-0.15, -0.1) is 0 Å². The number of nitrogens with one attached hydrogen (secondary N) is 1. The second-order valence-electron chi connectivity index (χ2n) is 5.54. The topological polar surface area (TPSA) is 64.3 Å². The van der Waals surface area contributed by atoms with E-state index in [-0.39, 0.29) is 11.3 Å². The van der Waals surface area contributed by atoms with Crippen LogP contribution >= 0.6 is 0 Å². The molecule has 0 saturated heterocycles. The van der Waals surface area contributed by atoms with Gasteiger partial charge in [0.25, 0.3) is 0 Å². The highest BCUT2D eigenvalue weighted by atomic mass is 16.5. The molecule has 100 valence electrons. The highest BCUT2D eigenvalue weighted by Gasteiger charge is 2.27. The minimum Gasteiger partial charge on any atom is -0.495 e. The summed E-state index contributed by atoms with van der Waals surface area (Å²) in [7, 11) is 1.57. The summed E-state index contributed by atoms with van der Waals surface area (Å²) in [6.45, 7) is 7.76. The molecular weight excluding hydrogens is 228 g/mol. The van der Waals surface area contributed by atoms with Gasteiger partial charge in [-0.25, -0.2) is 0 Å². The maximum absolute atomic E-state index is 12.0. The molecular formula is C14H22N2O2. The number of aryl methyl sites for hydroxylation is 1. The second kappa shape index (κ2) is 5.40. The van der Waals surface area contributed by atoms with Crippen LogP contribution in [0.1, 0.15) is 26.3 Å². The number of hydrogen-bond acceptors (Lipinski definition) is 3. The predicted molar refractivity (Wildman–Crippen MR) is 73.8 cm³/mol. The maximum Gasteiger partial charge on any atom is 0.241 e. The van der Waals surface area contributed by atoms with E-state index in [4.69, 9.17) is 10.5 Å². The van der Waals surface area contributed by atoms with Gasteiger partial charge in [-0.2, -0.15) is 0 Å². The molecule has 0 spiro atoms. The Labute approximate surface area is 109 Å². The van der Waals surface area contributed by atoms with Gasteiger partial charge in [0.1, 0.15) is 5.75 Å². The number of nitrogens with two attached hydrogens (primary N) is 1. The highest BCUT2D eigenvalue weighted by Crippen LogP contribution is 2.26. The molecule has 4 nitrogen and oxygen atoms in total. The molecule has 0 aliphatic rings. The Balaban J connectivity index is 2.91. The summed E-state index contributed by atoms with van der Waals surface area (Å²) in [5.74, 6) is 0.432. The van der Waals surface area contributed by atoms with Crippen LogP contribution < -0.4 is 15.8 Å². The minimum absolute atomic E-state index is 0.202. The zero-order valence-electron chi connectivity index (χ0n) is 11.7. The smallest absolute Gasteiger partial charge is 0.241 e. The molecule has 0 bridgehead atoms. The quantitative estimate of drug-likeness (QED) is 0.865. The van der Waals surface area contributed by atoms with Crippen molar-refractivity contribution in [1.82, 2.24) is 0 Å². The number of amides is 1. The maximum atomic E-state index is 12.0. The molecule has 0 radical (unpaired) electrons. The third kappa shape index (κ3) is 3.47. The summed E-state index contributed by atoms with van der Waals surface area (Å²) in [5.41, 5.74) is 7.35. The van der Waals surface area contributed by atoms with Gasteiger partial charge in [0.05, 0.1) is 18.8 Å². The van der Waals surface area contributed by atoms with Crippen LogP contribution in [0.3, 0.4) is 0 Å². The molecule has 0 unspecified atom stereocenters. The number of benzene rings is 1. The molecule has 0 aliphatic carbocycles. The molecule has 0 heterocycles. The average Bonchev–Trinajstić information content (AvgIpc) is 2.27. The van der Waals surface area contributed by atoms with Gasteiger partial charge in [-0.1, -0.05) is 26.8 Å². The zero-order valence-corrected chi connectivity index (χ0v) is 11.7. The van der Waals surface area contributed by atoms with Crippen molar-refractivity contribution < 1.29 is 9.53 Å². The van der Waals surface area contributed by atoms with Crippen LogP contribution in [0, 0.1) is 12.3 Å². The predicted octanol–water partition coefficient (Wildman–Crippen LogP) is 2.32. The highest BCUT2D eigenvalue weighted by molar-refractivity contribution is 5.96. The van der Waals surface area contributed by atoms with E-state index in [0.29, 0.717) is 11.4 Å². The number of anilines is 1. The lowest BCUT2D eigenvalue weighted by atomic mass is 9.87. The first-order valence-corrected chi connectivity index (χ1v) is 5.97. The Morgan fingerprint density at radius 1 is 1.39 bits per heavy atom. The largest absolute Gasteiger partial charge is 0.495 e. The van der Waals surface area contributed by atoms with Crippen molar-refractivity contribution in [1.29, 1.82) is 0 Å². The fourth-order valence-electron chi connectivity index (χ4n) is 1.52. The van der Waals surface area contributed by atoms with Gasteiger partial charge in [0.15, 0.2) is 0 Å². The van der Waals surface area contributed by atoms with Crippen LogP contribution in [0.5, 0.6) is 5.75 Å². The van der Waals surface area contributed by atoms with Crippen LogP contribution in [0.15, 0.2) is 18.2 Å². The average molecular weight is 250 g/mol. The molecule has 1 amide bonds. The van der Waals surface area contributed by atoms with Crippen LogP contribution in [0.4, 0.5) is 5.69 Å². The van der Waals surface area contributed by atoms with Crippen LogP contribution in [0.25, 0.3) is 0 Å². The number of carbonyl (C=O) groups excluding carboxylic acids is 1. The van der Waals surface area contributed by atoms with Gasteiger partial charge in [0, 0.05) is 0 Å². The van der Waals surface area contributed by atoms with Gasteiger partial charge in [-0.05, 0) is 30.0 Å². The second-order valence-corrected chi connectivity index (χ2v) is 5.54. The van der Waals surface area contributed by atoms with Gasteiger partial charge in [-0.3, -0.25) is 4.79 Å². The van der Waals surface area contributed by atoms with Crippen molar-refractivity contribution >= 4 is 11.6 Å². The molecule has 1 atom stereocenters. The summed E-state index contributed by atoms with van der Waals surface area (Å²) in [6, 6.07) is 5.06. The van der Waals surface area contributed by atoms with E-state index in [1.54, 1.807) is 7.11 Å². The number of methoxy groups -OCH3 is 1. The number of ether oxygens (including phenoxy) is 1. The Morgan fingerprint density at radius 3 is 2.50 bits per heavy atom. The number of hydrogen-bond donors (Lipinski definition) is 2. The molecule has 4 heteroatoms. The van der Waals surface area contributed by atoms with Crippen molar-refractivity contribution in [3.8, 4) is 5.75 Å². The van der Waals surface area contributed by atoms with E-state index in [2.05, 4.69) is 5.32 Å². The SMILES string of the molecule is COc1ccc(C)cc1NC(=O)[C@@H](N)C(C)(C)C. The summed E-state index contributed by atoms with van der Waals surface area (Å²) >= 11 is 0. The monoisotopic (exact) mass is 250 g/mol. The molecule has 0 saturated carbocycles. The fraction of sp³-hybridized carbons (Fsp3) is 0.500. The van der Waals surface area contributed by atoms with E-state index in [9.17, 15) is 4.79 Å². The van der Waals surface area contributed by atoms with Crippen LogP contribution in [0.2, 0.25) is 0 Å². The zero-order chi connectivity index (χ0) is 13.9. The van der Waals surface area contributed by atoms with Crippen molar-refractivity contribution in [2.75, 3.05) is 12.4 Å². The first-order chi connectivity index (χ1) is 8.25. The third-order valence-electron chi connectivity index (χ3n) is 2.83. The van der Waals surface area contributed by atoms with E-state index in [1.807, 2.05) is 45.9 Å². The van der Waals surface area contributed by atoms with Crippen molar-refractivity contribution in [2.45, 2.75) is 33.7 Å². The molecule has 18 heavy (non-hydrogen) atoms. The van der Waals surface area contributed by atoms with E-state index >= 15 is 0 Å². The Hall–Kier alpha value is -1.55. The van der Waals surface area contributed by atoms with E-state index < -0.39 is 6.04 Å². The van der Waals surface area contributed by atoms with Gasteiger partial charge < -0.3 is 15.8 Å². The van der Waals surface area contributed by atoms with E-state index in [0.717, 1.165) is 5.56 Å². The normalized spacial score (nSPS) is 13.0. The Morgan fingerprint density at radius 2 is 2.00 bits per heavy atom. The van der Waals surface area contributed by atoms with Gasteiger partial charge in [0.2, 0.25) is 5.91 Å². The van der Waals surface area contributed by atoms with Gasteiger partial charge >= 0.3 is 0 Å². The van der Waals surface area contributed by atoms with Crippen LogP contribution in [-0.4, -0.2) is 19.1 Å². The number of carbonyl (C=O) groups is 1. The lowest BCUT2D eigenvalue weighted by Gasteiger charge is -2.26. The molecule has 3 N–H and O–H groups in total. The molecule has 1 aromatic carbocycles. The fourth-order valence-corrected chi connectivity index (χ4v) is 1.52. The summed E-state index contributed by atoms with van der Waals surface area (Å²) in [4.78, 5) is 12.0. The Bertz CT molecular complexity index is 436. The van der Waals surface area contributed by atoms with Crippen molar-refractivity contribution in [2.24, 2.45) is 11.1 Å². The van der Waals surface area contributed by atoms with Crippen molar-refractivity contribution in [3.63, 3.8) is 0 Å². The lowest BCUT2D eigenvalue weighted by molar-refractivity contribution is -0.119. The summed E-state index contributed by atoms with van der Waals surface area (Å²) in [5, 5.41) is 2.82. The van der Waals surface area contributed by atoms with Crippen LogP contribution in [-0.2, 0) is 4.79 Å². The van der Waals surface area contributed by atoms with E-state index in [1.165, 1.54) is 0 Å². The first kappa shape index (κ1) is 14.5. The first-order valence-electron chi connectivity index (χ1n) is 5.97. The molecule has 1 aromatic rings. The minimum atomic E-state index is -0.567. The third-order valence-corrected chi connectivity index (χ3v) is 2.83. The Kier molecular flexibility index (Phi) is 4.35. The number of rotatable bonds is 3. The molecule has 0 aromatic heterocycles. The molecule has 0 fully saturated rings. The standard InChI is InChI=1S/C14H22N2O2/c1-9-6-7-11(18-5)10(8-9)16-13(17)12(15)14(2,3)4/h6-8,12H,15H2,1-5H3,(H,16,17)/t12-/m1/s1. The lowest BCUT2D eigenvalue weighted by Crippen LogP contribution is -2.45.